The Bertz CT molecular complexity index is 880. The zero-order chi connectivity index (χ0) is 17.4. The summed E-state index contributed by atoms with van der Waals surface area (Å²) in [6.07, 6.45) is 4.08. The van der Waals surface area contributed by atoms with Crippen LogP contribution in [0.4, 0.5) is 0 Å². The number of aliphatic carboxylic acids is 1. The van der Waals surface area contributed by atoms with Crippen LogP contribution < -0.4 is 10.5 Å². The van der Waals surface area contributed by atoms with Gasteiger partial charge in [0, 0.05) is 22.9 Å². The van der Waals surface area contributed by atoms with E-state index in [0.29, 0.717) is 22.5 Å². The minimum absolute atomic E-state index is 0.398. The largest absolute Gasteiger partial charge is 0.480 e. The van der Waals surface area contributed by atoms with Crippen molar-refractivity contribution in [1.29, 1.82) is 0 Å². The van der Waals surface area contributed by atoms with Crippen molar-refractivity contribution in [2.45, 2.75) is 33.1 Å². The van der Waals surface area contributed by atoms with Gasteiger partial charge in [-0.3, -0.25) is 4.79 Å². The Balaban J connectivity index is 2.34. The summed E-state index contributed by atoms with van der Waals surface area (Å²) < 4.78 is 7.24. The zero-order valence-corrected chi connectivity index (χ0v) is 13.6. The number of amides is 1. The Labute approximate surface area is 138 Å². The third-order valence-corrected chi connectivity index (χ3v) is 4.15. The van der Waals surface area contributed by atoms with E-state index in [1.54, 1.807) is 10.6 Å². The molecule has 0 saturated heterocycles. The maximum Gasteiger partial charge on any atom is 0.341 e. The standard InChI is InChI=1S/C17H19N3O4/c1-3-12-10-5-4-6-11(17(18)23)15(10)16-13(24-8-14(21)22)7-9(2)19-20(12)16/h6-7H,3-5,8H2,1-2H3,(H2,18,23)(H,21,22). The van der Waals surface area contributed by atoms with Gasteiger partial charge >= 0.3 is 5.97 Å². The van der Waals surface area contributed by atoms with E-state index in [-0.39, 0.29) is 0 Å². The highest BCUT2D eigenvalue weighted by Crippen LogP contribution is 2.38. The van der Waals surface area contributed by atoms with Crippen molar-refractivity contribution in [1.82, 2.24) is 9.61 Å². The van der Waals surface area contributed by atoms with Gasteiger partial charge in [0.05, 0.1) is 5.69 Å². The van der Waals surface area contributed by atoms with Crippen molar-refractivity contribution in [2.75, 3.05) is 6.61 Å². The third-order valence-electron chi connectivity index (χ3n) is 4.15. The quantitative estimate of drug-likeness (QED) is 0.864. The van der Waals surface area contributed by atoms with Gasteiger partial charge in [-0.25, -0.2) is 9.31 Å². The van der Waals surface area contributed by atoms with Gasteiger partial charge < -0.3 is 15.6 Å². The molecule has 1 aliphatic carbocycles. The minimum Gasteiger partial charge on any atom is -0.480 e. The molecule has 3 N–H and O–H groups in total. The highest BCUT2D eigenvalue weighted by molar-refractivity contribution is 6.22. The van der Waals surface area contributed by atoms with Crippen LogP contribution in [0.1, 0.15) is 35.9 Å². The topological polar surface area (TPSA) is 107 Å². The highest BCUT2D eigenvalue weighted by atomic mass is 16.5. The van der Waals surface area contributed by atoms with Crippen LogP contribution in [0.25, 0.3) is 11.1 Å². The number of carbonyl (C=O) groups is 2. The maximum absolute atomic E-state index is 11.9. The van der Waals surface area contributed by atoms with Crippen molar-refractivity contribution >= 4 is 23.0 Å². The van der Waals surface area contributed by atoms with E-state index in [1.165, 1.54) is 0 Å². The van der Waals surface area contributed by atoms with Crippen molar-refractivity contribution in [3.8, 4) is 5.75 Å². The molecule has 3 rings (SSSR count). The number of hydrogen-bond acceptors (Lipinski definition) is 4. The normalized spacial score (nSPS) is 13.5. The monoisotopic (exact) mass is 329 g/mol. The predicted molar refractivity (Wildman–Crippen MR) is 87.9 cm³/mol. The molecule has 0 saturated carbocycles. The zero-order valence-electron chi connectivity index (χ0n) is 13.6. The summed E-state index contributed by atoms with van der Waals surface area (Å²) in [7, 11) is 0. The van der Waals surface area contributed by atoms with Crippen LogP contribution in [-0.2, 0) is 22.4 Å². The molecule has 0 bridgehead atoms. The van der Waals surface area contributed by atoms with Gasteiger partial charge in [-0.2, -0.15) is 5.10 Å². The Morgan fingerprint density at radius 3 is 2.83 bits per heavy atom. The predicted octanol–water partition coefficient (Wildman–Crippen LogP) is 1.48. The first-order valence-corrected chi connectivity index (χ1v) is 7.83. The lowest BCUT2D eigenvalue weighted by Gasteiger charge is -2.13. The number of carboxylic acids is 1. The van der Waals surface area contributed by atoms with Gasteiger partial charge in [0.2, 0.25) is 5.91 Å². The molecule has 0 radical (unpaired) electrons. The van der Waals surface area contributed by atoms with Gasteiger partial charge in [0.15, 0.2) is 6.61 Å². The summed E-state index contributed by atoms with van der Waals surface area (Å²) in [5.74, 6) is -1.17. The van der Waals surface area contributed by atoms with E-state index < -0.39 is 18.5 Å². The molecule has 0 aliphatic heterocycles. The smallest absolute Gasteiger partial charge is 0.341 e. The average Bonchev–Trinajstić information content (AvgIpc) is 2.85. The van der Waals surface area contributed by atoms with Gasteiger partial charge in [0.25, 0.3) is 0 Å². The SMILES string of the molecule is CCc1c2c(c3c(OCC(=O)O)cc(C)nn13)C(C(N)=O)=CCC2. The van der Waals surface area contributed by atoms with E-state index in [0.717, 1.165) is 36.1 Å². The van der Waals surface area contributed by atoms with Gasteiger partial charge in [-0.15, -0.1) is 0 Å². The van der Waals surface area contributed by atoms with Crippen LogP contribution in [0.5, 0.6) is 5.75 Å². The Morgan fingerprint density at radius 2 is 2.21 bits per heavy atom. The summed E-state index contributed by atoms with van der Waals surface area (Å²) in [5.41, 5.74) is 10.1. The number of carbonyl (C=O) groups excluding carboxylic acids is 1. The van der Waals surface area contributed by atoms with Gasteiger partial charge in [-0.05, 0) is 31.7 Å². The van der Waals surface area contributed by atoms with Crippen molar-refractivity contribution in [2.24, 2.45) is 5.73 Å². The molecule has 126 valence electrons. The molecule has 24 heavy (non-hydrogen) atoms. The number of ether oxygens (including phenoxy) is 1. The summed E-state index contributed by atoms with van der Waals surface area (Å²) in [6.45, 7) is 3.37. The first-order valence-electron chi connectivity index (χ1n) is 7.83. The second-order valence-corrected chi connectivity index (χ2v) is 5.77. The third kappa shape index (κ3) is 2.51. The lowest BCUT2D eigenvalue weighted by Crippen LogP contribution is -2.16. The number of aryl methyl sites for hydroxylation is 2. The van der Waals surface area contributed by atoms with E-state index in [2.05, 4.69) is 5.10 Å². The van der Waals surface area contributed by atoms with Crippen LogP contribution in [0.15, 0.2) is 12.1 Å². The number of hydrogen-bond donors (Lipinski definition) is 2. The van der Waals surface area contributed by atoms with E-state index in [9.17, 15) is 9.59 Å². The minimum atomic E-state index is -1.07. The molecule has 0 unspecified atom stereocenters. The summed E-state index contributed by atoms with van der Waals surface area (Å²) >= 11 is 0. The molecule has 0 aromatic carbocycles. The number of aromatic nitrogens is 2. The lowest BCUT2D eigenvalue weighted by atomic mass is 9.90. The molecule has 0 atom stereocenters. The number of nitrogens with two attached hydrogens (primary N) is 1. The fraction of sp³-hybridized carbons (Fsp3) is 0.353. The molecule has 2 heterocycles. The van der Waals surface area contributed by atoms with Crippen LogP contribution in [-0.4, -0.2) is 33.2 Å². The number of allylic oxidation sites excluding steroid dienone is 1. The van der Waals surface area contributed by atoms with E-state index in [4.69, 9.17) is 15.6 Å². The summed E-state index contributed by atoms with van der Waals surface area (Å²) in [4.78, 5) is 22.8. The molecule has 0 fully saturated rings. The molecule has 7 heteroatoms. The number of nitrogens with zero attached hydrogens (tertiary/aromatic N) is 2. The molecule has 1 aliphatic rings. The first kappa shape index (κ1) is 16.0. The van der Waals surface area contributed by atoms with Gasteiger partial charge in [-0.1, -0.05) is 13.0 Å². The second-order valence-electron chi connectivity index (χ2n) is 5.77. The highest BCUT2D eigenvalue weighted by Gasteiger charge is 2.28. The number of primary amides is 1. The summed E-state index contributed by atoms with van der Waals surface area (Å²) in [6, 6.07) is 1.69. The van der Waals surface area contributed by atoms with E-state index in [1.807, 2.05) is 19.9 Å². The molecular formula is C17H19N3O4. The second kappa shape index (κ2) is 5.99. The first-order chi connectivity index (χ1) is 11.4. The molecule has 7 nitrogen and oxygen atoms in total. The Kier molecular flexibility index (Phi) is 4.01. The number of rotatable bonds is 5. The molecule has 1 amide bonds. The number of carboxylic acid groups (broad SMARTS) is 1. The van der Waals surface area contributed by atoms with Crippen molar-refractivity contribution in [3.05, 3.63) is 34.7 Å². The number of fused-ring (bicyclic) bond motifs is 3. The van der Waals surface area contributed by atoms with Crippen LogP contribution in [0.2, 0.25) is 0 Å². The molecule has 0 spiro atoms. The van der Waals surface area contributed by atoms with Crippen LogP contribution >= 0.6 is 0 Å². The van der Waals surface area contributed by atoms with Crippen LogP contribution in [0.3, 0.4) is 0 Å². The van der Waals surface area contributed by atoms with Crippen molar-refractivity contribution < 1.29 is 19.4 Å². The molecule has 2 aromatic heterocycles. The fourth-order valence-corrected chi connectivity index (χ4v) is 3.30. The van der Waals surface area contributed by atoms with Crippen LogP contribution in [0, 0.1) is 6.92 Å². The molecular weight excluding hydrogens is 310 g/mol. The summed E-state index contributed by atoms with van der Waals surface area (Å²) in [5, 5.41) is 13.5. The molecule has 2 aromatic rings. The maximum atomic E-state index is 11.9. The average molecular weight is 329 g/mol. The fourth-order valence-electron chi connectivity index (χ4n) is 3.30. The Morgan fingerprint density at radius 1 is 1.46 bits per heavy atom. The van der Waals surface area contributed by atoms with Gasteiger partial charge in [0.1, 0.15) is 11.3 Å². The van der Waals surface area contributed by atoms with E-state index >= 15 is 0 Å². The Hall–Kier alpha value is -2.83. The lowest BCUT2D eigenvalue weighted by molar-refractivity contribution is -0.139. The van der Waals surface area contributed by atoms with Crippen molar-refractivity contribution in [3.63, 3.8) is 0 Å².